The van der Waals surface area contributed by atoms with Gasteiger partial charge in [-0.25, -0.2) is 8.42 Å². The van der Waals surface area contributed by atoms with E-state index < -0.39 is 15.4 Å². The SMILES string of the molecule is CCCc1ccc(S(=O)(=O)N2CCCC(C)(C(=O)NCc3ccccc3)C2)cc1. The van der Waals surface area contributed by atoms with Crippen LogP contribution in [0.2, 0.25) is 0 Å². The molecule has 6 heteroatoms. The smallest absolute Gasteiger partial charge is 0.243 e. The van der Waals surface area contributed by atoms with Gasteiger partial charge in [-0.15, -0.1) is 0 Å². The molecule has 3 rings (SSSR count). The number of nitrogens with zero attached hydrogens (tertiary/aromatic N) is 1. The van der Waals surface area contributed by atoms with Crippen molar-refractivity contribution in [2.24, 2.45) is 5.41 Å². The number of benzene rings is 2. The van der Waals surface area contributed by atoms with E-state index in [1.54, 1.807) is 12.1 Å². The normalized spacial score (nSPS) is 20.3. The molecule has 0 aliphatic carbocycles. The van der Waals surface area contributed by atoms with Crippen LogP contribution in [-0.2, 0) is 27.8 Å². The second-order valence-corrected chi connectivity index (χ2v) is 10.0. The molecule has 0 radical (unpaired) electrons. The highest BCUT2D eigenvalue weighted by Gasteiger charge is 2.41. The summed E-state index contributed by atoms with van der Waals surface area (Å²) in [7, 11) is -3.61. The highest BCUT2D eigenvalue weighted by molar-refractivity contribution is 7.89. The van der Waals surface area contributed by atoms with Crippen LogP contribution in [-0.4, -0.2) is 31.7 Å². The number of amides is 1. The minimum atomic E-state index is -3.61. The van der Waals surface area contributed by atoms with Gasteiger partial charge < -0.3 is 5.32 Å². The lowest BCUT2D eigenvalue weighted by Crippen LogP contribution is -2.51. The molecule has 1 heterocycles. The van der Waals surface area contributed by atoms with Crippen molar-refractivity contribution in [3.63, 3.8) is 0 Å². The first-order valence-electron chi connectivity index (χ1n) is 10.3. The van der Waals surface area contributed by atoms with E-state index in [0.717, 1.165) is 24.0 Å². The summed E-state index contributed by atoms with van der Waals surface area (Å²) >= 11 is 0. The van der Waals surface area contributed by atoms with Crippen LogP contribution in [0.1, 0.15) is 44.2 Å². The molecule has 1 saturated heterocycles. The molecule has 0 spiro atoms. The Morgan fingerprint density at radius 3 is 2.41 bits per heavy atom. The van der Waals surface area contributed by atoms with Crippen molar-refractivity contribution in [2.75, 3.05) is 13.1 Å². The van der Waals surface area contributed by atoms with Crippen molar-refractivity contribution >= 4 is 15.9 Å². The predicted octanol–water partition coefficient (Wildman–Crippen LogP) is 3.75. The molecule has 1 amide bonds. The van der Waals surface area contributed by atoms with E-state index in [0.29, 0.717) is 30.8 Å². The quantitative estimate of drug-likeness (QED) is 0.750. The monoisotopic (exact) mass is 414 g/mol. The fraction of sp³-hybridized carbons (Fsp3) is 0.435. The Balaban J connectivity index is 1.70. The fourth-order valence-electron chi connectivity index (χ4n) is 3.84. The number of piperidine rings is 1. The molecular formula is C23H30N2O3S. The van der Waals surface area contributed by atoms with E-state index >= 15 is 0 Å². The van der Waals surface area contributed by atoms with Crippen molar-refractivity contribution in [3.05, 3.63) is 65.7 Å². The molecule has 0 bridgehead atoms. The average molecular weight is 415 g/mol. The second-order valence-electron chi connectivity index (χ2n) is 8.07. The van der Waals surface area contributed by atoms with E-state index in [-0.39, 0.29) is 12.5 Å². The van der Waals surface area contributed by atoms with Crippen molar-refractivity contribution < 1.29 is 13.2 Å². The molecule has 0 aromatic heterocycles. The topological polar surface area (TPSA) is 66.5 Å². The number of hydrogen-bond donors (Lipinski definition) is 1. The molecule has 29 heavy (non-hydrogen) atoms. The van der Waals surface area contributed by atoms with E-state index in [2.05, 4.69) is 12.2 Å². The molecule has 1 fully saturated rings. The van der Waals surface area contributed by atoms with E-state index in [1.807, 2.05) is 49.4 Å². The predicted molar refractivity (Wildman–Crippen MR) is 115 cm³/mol. The van der Waals surface area contributed by atoms with Gasteiger partial charge in [-0.3, -0.25) is 4.79 Å². The molecule has 1 N–H and O–H groups in total. The van der Waals surface area contributed by atoms with Crippen LogP contribution < -0.4 is 5.32 Å². The summed E-state index contributed by atoms with van der Waals surface area (Å²) in [6.07, 6.45) is 3.30. The van der Waals surface area contributed by atoms with Crippen molar-refractivity contribution in [1.29, 1.82) is 0 Å². The summed E-state index contributed by atoms with van der Waals surface area (Å²) in [5.74, 6) is -0.0976. The van der Waals surface area contributed by atoms with Crippen LogP contribution in [0.25, 0.3) is 0 Å². The summed E-state index contributed by atoms with van der Waals surface area (Å²) < 4.78 is 27.7. The average Bonchev–Trinajstić information content (AvgIpc) is 2.73. The number of hydrogen-bond acceptors (Lipinski definition) is 3. The maximum absolute atomic E-state index is 13.1. The summed E-state index contributed by atoms with van der Waals surface area (Å²) in [4.78, 5) is 13.2. The van der Waals surface area contributed by atoms with Gasteiger partial charge in [0, 0.05) is 19.6 Å². The van der Waals surface area contributed by atoms with E-state index in [1.165, 1.54) is 4.31 Å². The summed E-state index contributed by atoms with van der Waals surface area (Å²) in [5, 5.41) is 2.98. The number of aryl methyl sites for hydroxylation is 1. The summed E-state index contributed by atoms with van der Waals surface area (Å²) in [6, 6.07) is 16.9. The largest absolute Gasteiger partial charge is 0.352 e. The highest BCUT2D eigenvalue weighted by Crippen LogP contribution is 2.33. The van der Waals surface area contributed by atoms with Gasteiger partial charge in [0.25, 0.3) is 0 Å². The molecule has 1 unspecified atom stereocenters. The van der Waals surface area contributed by atoms with Gasteiger partial charge in [-0.05, 0) is 49.4 Å². The van der Waals surface area contributed by atoms with Gasteiger partial charge >= 0.3 is 0 Å². The zero-order valence-corrected chi connectivity index (χ0v) is 18.0. The van der Waals surface area contributed by atoms with Gasteiger partial charge in [-0.2, -0.15) is 4.31 Å². The molecule has 5 nitrogen and oxygen atoms in total. The van der Waals surface area contributed by atoms with Crippen molar-refractivity contribution in [3.8, 4) is 0 Å². The molecule has 2 aromatic rings. The van der Waals surface area contributed by atoms with Crippen molar-refractivity contribution in [1.82, 2.24) is 9.62 Å². The van der Waals surface area contributed by atoms with Crippen LogP contribution >= 0.6 is 0 Å². The number of carbonyl (C=O) groups is 1. The Kier molecular flexibility index (Phi) is 6.75. The van der Waals surface area contributed by atoms with Crippen LogP contribution in [0.15, 0.2) is 59.5 Å². The Labute approximate surface area is 174 Å². The first-order valence-corrected chi connectivity index (χ1v) is 11.7. The van der Waals surface area contributed by atoms with E-state index in [4.69, 9.17) is 0 Å². The molecular weight excluding hydrogens is 384 g/mol. The lowest BCUT2D eigenvalue weighted by atomic mass is 9.82. The van der Waals surface area contributed by atoms with Crippen LogP contribution in [0, 0.1) is 5.41 Å². The van der Waals surface area contributed by atoms with Crippen LogP contribution in [0.4, 0.5) is 0 Å². The third-order valence-corrected chi connectivity index (χ3v) is 7.46. The Hall–Kier alpha value is -2.18. The summed E-state index contributed by atoms with van der Waals surface area (Å²) in [5.41, 5.74) is 1.43. The van der Waals surface area contributed by atoms with E-state index in [9.17, 15) is 13.2 Å². The Bertz CT molecular complexity index is 926. The van der Waals surface area contributed by atoms with Crippen LogP contribution in [0.3, 0.4) is 0 Å². The standard InChI is InChI=1S/C23H30N2O3S/c1-3-8-19-11-13-21(14-12-19)29(27,28)25-16-7-15-23(2,18-25)22(26)24-17-20-9-5-4-6-10-20/h4-6,9-14H,3,7-8,15-18H2,1-2H3,(H,24,26). The van der Waals surface area contributed by atoms with Gasteiger partial charge in [0.1, 0.15) is 0 Å². The molecule has 2 aromatic carbocycles. The summed E-state index contributed by atoms with van der Waals surface area (Å²) in [6.45, 7) is 5.05. The minimum Gasteiger partial charge on any atom is -0.352 e. The van der Waals surface area contributed by atoms with Gasteiger partial charge in [0.15, 0.2) is 0 Å². The number of nitrogens with one attached hydrogen (secondary N) is 1. The number of carbonyl (C=O) groups excluding carboxylic acids is 1. The zero-order chi connectivity index (χ0) is 20.9. The number of sulfonamides is 1. The maximum atomic E-state index is 13.1. The zero-order valence-electron chi connectivity index (χ0n) is 17.2. The first-order chi connectivity index (χ1) is 13.8. The Morgan fingerprint density at radius 1 is 1.07 bits per heavy atom. The minimum absolute atomic E-state index is 0.0976. The highest BCUT2D eigenvalue weighted by atomic mass is 32.2. The van der Waals surface area contributed by atoms with Gasteiger partial charge in [-0.1, -0.05) is 55.8 Å². The molecule has 1 atom stereocenters. The lowest BCUT2D eigenvalue weighted by Gasteiger charge is -2.38. The second kappa shape index (κ2) is 9.09. The van der Waals surface area contributed by atoms with Crippen LogP contribution in [0.5, 0.6) is 0 Å². The fourth-order valence-corrected chi connectivity index (χ4v) is 5.44. The molecule has 156 valence electrons. The Morgan fingerprint density at radius 2 is 1.76 bits per heavy atom. The number of rotatable bonds is 7. The lowest BCUT2D eigenvalue weighted by molar-refractivity contribution is -0.132. The molecule has 1 aliphatic rings. The third kappa shape index (κ3) is 5.06. The first kappa shape index (κ1) is 21.5. The molecule has 1 aliphatic heterocycles. The van der Waals surface area contributed by atoms with Crippen molar-refractivity contribution in [2.45, 2.75) is 51.0 Å². The van der Waals surface area contributed by atoms with Gasteiger partial charge in [0.05, 0.1) is 10.3 Å². The maximum Gasteiger partial charge on any atom is 0.243 e. The van der Waals surface area contributed by atoms with Gasteiger partial charge in [0.2, 0.25) is 15.9 Å². The third-order valence-electron chi connectivity index (χ3n) is 5.61. The molecule has 0 saturated carbocycles.